The highest BCUT2D eigenvalue weighted by molar-refractivity contribution is 7.03. The summed E-state index contributed by atoms with van der Waals surface area (Å²) in [5.74, 6) is 0.783. The minimum Gasteiger partial charge on any atom is -0.309 e. The molecule has 3 nitrogen and oxygen atoms in total. The molecule has 0 saturated heterocycles. The number of nitrogens with zero attached hydrogens (tertiary/aromatic N) is 3. The molecule has 0 amide bonds. The van der Waals surface area contributed by atoms with Crippen LogP contribution in [0, 0.1) is 0 Å². The summed E-state index contributed by atoms with van der Waals surface area (Å²) in [5.41, 5.74) is 14.6. The number of para-hydroxylation sites is 1. The molecule has 0 saturated carbocycles. The Kier molecular flexibility index (Phi) is 5.79. The smallest absolute Gasteiger partial charge is 0.159 e. The Morgan fingerprint density at radius 3 is 2.14 bits per heavy atom. The number of hydrogen-bond donors (Lipinski definition) is 0. The molecule has 0 atom stereocenters. The maximum absolute atomic E-state index is 5.45. The van der Waals surface area contributed by atoms with E-state index in [1.54, 1.807) is 0 Å². The molecule has 0 unspecified atom stereocenters. The normalized spacial score (nSPS) is 14.9. The first-order valence-electron chi connectivity index (χ1n) is 17.2. The van der Waals surface area contributed by atoms with Crippen molar-refractivity contribution in [1.82, 2.24) is 14.5 Å². The highest BCUT2D eigenvalue weighted by Crippen LogP contribution is 2.53. The van der Waals surface area contributed by atoms with Gasteiger partial charge in [0.15, 0.2) is 5.82 Å². The molecule has 0 N–H and O–H groups in total. The Morgan fingerprint density at radius 1 is 0.571 bits per heavy atom. The minimum atomic E-state index is -2.06. The van der Waals surface area contributed by atoms with E-state index in [2.05, 4.69) is 171 Å². The molecule has 49 heavy (non-hydrogen) atoms. The number of hydrogen-bond acceptors (Lipinski definition) is 2. The maximum atomic E-state index is 5.45. The molecule has 0 radical (unpaired) electrons. The number of rotatable bonds is 3. The Morgan fingerprint density at radius 2 is 1.29 bits per heavy atom. The van der Waals surface area contributed by atoms with Crippen LogP contribution < -0.4 is 10.5 Å². The molecule has 10 rings (SSSR count). The standard InChI is InChI=1S/C45H35N3Si/c1-45(2)34-22-11-8-19-31(34)39-35(45)25-26-37-40(39)32-20-9-12-23-36(32)48(37)30-18-14-17-29(27-30)43-46-42(28-15-6-5-7-16-28)41-33-21-10-13-24-38(33)49(3,4)44(41)47-43/h5-27H,1-4H3. The third-order valence-electron chi connectivity index (χ3n) is 11.2. The van der Waals surface area contributed by atoms with Crippen molar-refractivity contribution < 1.29 is 0 Å². The van der Waals surface area contributed by atoms with Crippen LogP contribution in [0.1, 0.15) is 25.0 Å². The van der Waals surface area contributed by atoms with E-state index in [-0.39, 0.29) is 5.41 Å². The molecule has 4 heteroatoms. The van der Waals surface area contributed by atoms with E-state index >= 15 is 0 Å². The van der Waals surface area contributed by atoms with Gasteiger partial charge in [-0.15, -0.1) is 0 Å². The summed E-state index contributed by atoms with van der Waals surface area (Å²) in [4.78, 5) is 10.8. The second kappa shape index (κ2) is 9.97. The van der Waals surface area contributed by atoms with Gasteiger partial charge in [0.1, 0.15) is 8.07 Å². The molecule has 6 aromatic carbocycles. The van der Waals surface area contributed by atoms with Crippen molar-refractivity contribution in [2.75, 3.05) is 0 Å². The van der Waals surface area contributed by atoms with Crippen molar-refractivity contribution >= 4 is 40.4 Å². The Labute approximate surface area is 287 Å². The van der Waals surface area contributed by atoms with Gasteiger partial charge in [0.05, 0.1) is 16.7 Å². The van der Waals surface area contributed by atoms with E-state index in [0.717, 1.165) is 28.3 Å². The van der Waals surface area contributed by atoms with E-state index < -0.39 is 8.07 Å². The summed E-state index contributed by atoms with van der Waals surface area (Å²) in [7, 11) is -2.06. The largest absolute Gasteiger partial charge is 0.309 e. The van der Waals surface area contributed by atoms with Crippen LogP contribution in [0.3, 0.4) is 0 Å². The third kappa shape index (κ3) is 3.83. The fourth-order valence-electron chi connectivity index (χ4n) is 8.79. The van der Waals surface area contributed by atoms with Crippen molar-refractivity contribution in [3.05, 3.63) is 151 Å². The minimum absolute atomic E-state index is 0.0542. The zero-order chi connectivity index (χ0) is 33.1. The van der Waals surface area contributed by atoms with Crippen LogP contribution >= 0.6 is 0 Å². The summed E-state index contributed by atoms with van der Waals surface area (Å²) >= 11 is 0. The lowest BCUT2D eigenvalue weighted by Gasteiger charge is -2.21. The zero-order valence-corrected chi connectivity index (χ0v) is 29.1. The van der Waals surface area contributed by atoms with Crippen molar-refractivity contribution in [3.8, 4) is 50.6 Å². The molecule has 2 aliphatic rings. The fourth-order valence-corrected chi connectivity index (χ4v) is 11.7. The van der Waals surface area contributed by atoms with Gasteiger partial charge in [0.2, 0.25) is 0 Å². The van der Waals surface area contributed by atoms with Crippen LogP contribution in [0.5, 0.6) is 0 Å². The topological polar surface area (TPSA) is 30.7 Å². The molecule has 8 aromatic rings. The quantitative estimate of drug-likeness (QED) is 0.179. The first kappa shape index (κ1) is 28.4. The molecular formula is C45H35N3Si. The molecule has 1 aliphatic heterocycles. The lowest BCUT2D eigenvalue weighted by molar-refractivity contribution is 0.661. The Hall–Kier alpha value is -5.58. The summed E-state index contributed by atoms with van der Waals surface area (Å²) in [5, 5.41) is 5.25. The molecular weight excluding hydrogens is 611 g/mol. The zero-order valence-electron chi connectivity index (χ0n) is 28.1. The van der Waals surface area contributed by atoms with Crippen LogP contribution in [0.2, 0.25) is 13.1 Å². The van der Waals surface area contributed by atoms with Gasteiger partial charge in [-0.2, -0.15) is 0 Å². The predicted octanol–water partition coefficient (Wildman–Crippen LogP) is 10.0. The molecule has 3 heterocycles. The van der Waals surface area contributed by atoms with Gasteiger partial charge in [-0.05, 0) is 57.3 Å². The van der Waals surface area contributed by atoms with E-state index in [9.17, 15) is 0 Å². The van der Waals surface area contributed by atoms with Gasteiger partial charge in [-0.25, -0.2) is 9.97 Å². The van der Waals surface area contributed by atoms with Gasteiger partial charge >= 0.3 is 0 Å². The van der Waals surface area contributed by atoms with Gasteiger partial charge in [-0.1, -0.05) is 142 Å². The highest BCUT2D eigenvalue weighted by Gasteiger charge is 2.41. The number of benzene rings is 6. The highest BCUT2D eigenvalue weighted by atomic mass is 28.3. The van der Waals surface area contributed by atoms with Crippen LogP contribution in [0.15, 0.2) is 140 Å². The predicted molar refractivity (Wildman–Crippen MR) is 207 cm³/mol. The average molecular weight is 646 g/mol. The SMILES string of the molecule is CC1(C)c2ccccc2-c2c1ccc1c2c2ccccc2n1-c1cccc(-c2nc(-c3ccccc3)c3c(n2)[Si](C)(C)c2ccccc2-3)c1. The van der Waals surface area contributed by atoms with E-state index in [1.807, 2.05) is 0 Å². The first-order chi connectivity index (χ1) is 23.8. The molecule has 1 aliphatic carbocycles. The molecule has 2 aromatic heterocycles. The second-order valence-corrected chi connectivity index (χ2v) is 18.9. The van der Waals surface area contributed by atoms with Crippen molar-refractivity contribution in [3.63, 3.8) is 0 Å². The summed E-state index contributed by atoms with van der Waals surface area (Å²) in [6, 6.07) is 50.8. The molecule has 0 bridgehead atoms. The van der Waals surface area contributed by atoms with Gasteiger partial charge in [0.25, 0.3) is 0 Å². The molecule has 234 valence electrons. The van der Waals surface area contributed by atoms with E-state index in [4.69, 9.17) is 9.97 Å². The van der Waals surface area contributed by atoms with E-state index in [0.29, 0.717) is 0 Å². The van der Waals surface area contributed by atoms with Crippen LogP contribution in [-0.4, -0.2) is 22.6 Å². The van der Waals surface area contributed by atoms with Gasteiger partial charge in [0, 0.05) is 43.9 Å². The number of fused-ring (bicyclic) bond motifs is 10. The molecule has 0 spiro atoms. The lowest BCUT2D eigenvalue weighted by Crippen LogP contribution is -2.50. The Bertz CT molecular complexity index is 2660. The van der Waals surface area contributed by atoms with Crippen LogP contribution in [0.4, 0.5) is 0 Å². The van der Waals surface area contributed by atoms with Crippen LogP contribution in [0.25, 0.3) is 72.4 Å². The first-order valence-corrected chi connectivity index (χ1v) is 20.2. The third-order valence-corrected chi connectivity index (χ3v) is 14.5. The fraction of sp³-hybridized carbons (Fsp3) is 0.111. The molecule has 0 fully saturated rings. The maximum Gasteiger partial charge on any atom is 0.159 e. The van der Waals surface area contributed by atoms with Gasteiger partial charge < -0.3 is 4.57 Å². The van der Waals surface area contributed by atoms with Crippen LogP contribution in [-0.2, 0) is 5.41 Å². The van der Waals surface area contributed by atoms with Crippen molar-refractivity contribution in [1.29, 1.82) is 0 Å². The van der Waals surface area contributed by atoms with E-state index in [1.165, 1.54) is 65.7 Å². The van der Waals surface area contributed by atoms with Gasteiger partial charge in [-0.3, -0.25) is 0 Å². The summed E-state index contributed by atoms with van der Waals surface area (Å²) in [6.45, 7) is 9.56. The lowest BCUT2D eigenvalue weighted by atomic mass is 9.82. The number of aromatic nitrogens is 3. The van der Waals surface area contributed by atoms with Crippen molar-refractivity contribution in [2.45, 2.75) is 32.4 Å². The average Bonchev–Trinajstić information content (AvgIpc) is 3.69. The Balaban J connectivity index is 1.22. The monoisotopic (exact) mass is 645 g/mol. The second-order valence-electron chi connectivity index (χ2n) is 14.6. The summed E-state index contributed by atoms with van der Waals surface area (Å²) in [6.07, 6.45) is 0. The van der Waals surface area contributed by atoms with Crippen molar-refractivity contribution in [2.24, 2.45) is 0 Å². The summed E-state index contributed by atoms with van der Waals surface area (Å²) < 4.78 is 2.43.